The number of nitrogens with one attached hydrogen (secondary N) is 1. The van der Waals surface area contributed by atoms with Crippen LogP contribution < -0.4 is 5.32 Å². The van der Waals surface area contributed by atoms with E-state index >= 15 is 0 Å². The molecule has 0 radical (unpaired) electrons. The molecule has 0 fully saturated rings. The summed E-state index contributed by atoms with van der Waals surface area (Å²) in [6.07, 6.45) is 1.17. The first-order chi connectivity index (χ1) is 3.31. The minimum atomic E-state index is -0.241. The Hall–Kier alpha value is -0.500. The molecular weight excluding hydrogens is 114 g/mol. The fourth-order valence-corrected chi connectivity index (χ4v) is 0.270. The number of halogens is 1. The maximum absolute atomic E-state index is 10.1. The molecule has 2 nitrogen and oxygen atoms in total. The molecule has 0 aliphatic rings. The summed E-state index contributed by atoms with van der Waals surface area (Å²) in [5.74, 6) is -0.241. The Morgan fingerprint density at radius 3 is 2.71 bits per heavy atom. The third-order valence-corrected chi connectivity index (χ3v) is 0.560. The highest BCUT2D eigenvalue weighted by Crippen LogP contribution is 1.67. The molecular formula is C4H6ClNO. The SMILES string of the molecule is C=CC(=O)NCCl. The van der Waals surface area contributed by atoms with Crippen LogP contribution in [0.5, 0.6) is 0 Å². The van der Waals surface area contributed by atoms with Crippen LogP contribution in [0.15, 0.2) is 12.7 Å². The summed E-state index contributed by atoms with van der Waals surface area (Å²) in [5, 5.41) is 2.30. The molecule has 40 valence electrons. The second-order valence-corrected chi connectivity index (χ2v) is 1.15. The van der Waals surface area contributed by atoms with E-state index in [9.17, 15) is 4.79 Å². The van der Waals surface area contributed by atoms with Crippen molar-refractivity contribution in [3.05, 3.63) is 12.7 Å². The van der Waals surface area contributed by atoms with E-state index in [1.165, 1.54) is 6.08 Å². The minimum Gasteiger partial charge on any atom is -0.339 e. The quantitative estimate of drug-likeness (QED) is 0.320. The zero-order chi connectivity index (χ0) is 5.70. The lowest BCUT2D eigenvalue weighted by molar-refractivity contribution is -0.116. The van der Waals surface area contributed by atoms with Crippen LogP contribution in [0.2, 0.25) is 0 Å². The van der Waals surface area contributed by atoms with Crippen LogP contribution in [0.25, 0.3) is 0 Å². The highest BCUT2D eigenvalue weighted by atomic mass is 35.5. The lowest BCUT2D eigenvalue weighted by atomic mass is 10.6. The van der Waals surface area contributed by atoms with Gasteiger partial charge in [0.1, 0.15) is 0 Å². The van der Waals surface area contributed by atoms with Gasteiger partial charge in [0.25, 0.3) is 0 Å². The molecule has 0 unspecified atom stereocenters. The third-order valence-electron chi connectivity index (χ3n) is 0.426. The smallest absolute Gasteiger partial charge is 0.244 e. The fraction of sp³-hybridized carbons (Fsp3) is 0.250. The number of carbonyl (C=O) groups is 1. The Kier molecular flexibility index (Phi) is 3.42. The zero-order valence-corrected chi connectivity index (χ0v) is 4.53. The van der Waals surface area contributed by atoms with Gasteiger partial charge in [0.15, 0.2) is 0 Å². The first-order valence-electron chi connectivity index (χ1n) is 1.77. The van der Waals surface area contributed by atoms with Crippen molar-refractivity contribution in [1.82, 2.24) is 5.32 Å². The molecule has 0 heterocycles. The van der Waals surface area contributed by atoms with Crippen LogP contribution in [0.3, 0.4) is 0 Å². The van der Waals surface area contributed by atoms with Gasteiger partial charge < -0.3 is 5.32 Å². The highest BCUT2D eigenvalue weighted by molar-refractivity contribution is 6.18. The summed E-state index contributed by atoms with van der Waals surface area (Å²) in [6, 6.07) is 0.144. The molecule has 0 aromatic heterocycles. The van der Waals surface area contributed by atoms with Crippen molar-refractivity contribution >= 4 is 17.5 Å². The average Bonchev–Trinajstić information content (AvgIpc) is 1.68. The van der Waals surface area contributed by atoms with Crippen molar-refractivity contribution in [2.45, 2.75) is 0 Å². The molecule has 0 aliphatic heterocycles. The molecule has 0 aliphatic carbocycles. The second kappa shape index (κ2) is 3.68. The van der Waals surface area contributed by atoms with Crippen molar-refractivity contribution in [3.63, 3.8) is 0 Å². The van der Waals surface area contributed by atoms with Crippen LogP contribution in [-0.2, 0) is 4.79 Å². The van der Waals surface area contributed by atoms with E-state index in [1.807, 2.05) is 0 Å². The van der Waals surface area contributed by atoms with Gasteiger partial charge in [-0.25, -0.2) is 0 Å². The molecule has 0 saturated carbocycles. The Morgan fingerprint density at radius 2 is 2.57 bits per heavy atom. The summed E-state index contributed by atoms with van der Waals surface area (Å²) in [7, 11) is 0. The molecule has 0 spiro atoms. The maximum Gasteiger partial charge on any atom is 0.244 e. The van der Waals surface area contributed by atoms with Crippen LogP contribution in [0.4, 0.5) is 0 Å². The molecule has 0 rings (SSSR count). The lowest BCUT2D eigenvalue weighted by Gasteiger charge is -1.88. The number of alkyl halides is 1. The van der Waals surface area contributed by atoms with Crippen molar-refractivity contribution in [2.24, 2.45) is 0 Å². The van der Waals surface area contributed by atoms with E-state index < -0.39 is 0 Å². The van der Waals surface area contributed by atoms with Gasteiger partial charge in [-0.1, -0.05) is 6.58 Å². The summed E-state index contributed by atoms with van der Waals surface area (Å²) >= 11 is 5.10. The summed E-state index contributed by atoms with van der Waals surface area (Å²) in [5.41, 5.74) is 0. The largest absolute Gasteiger partial charge is 0.339 e. The van der Waals surface area contributed by atoms with Gasteiger partial charge in [-0.2, -0.15) is 0 Å². The Morgan fingerprint density at radius 1 is 2.00 bits per heavy atom. The lowest BCUT2D eigenvalue weighted by Crippen LogP contribution is -2.17. The van der Waals surface area contributed by atoms with E-state index in [2.05, 4.69) is 11.9 Å². The normalized spacial score (nSPS) is 7.57. The molecule has 3 heteroatoms. The molecule has 0 aromatic rings. The van der Waals surface area contributed by atoms with Gasteiger partial charge in [0.05, 0.1) is 6.00 Å². The summed E-state index contributed by atoms with van der Waals surface area (Å²) < 4.78 is 0. The van der Waals surface area contributed by atoms with E-state index in [-0.39, 0.29) is 11.9 Å². The third kappa shape index (κ3) is 3.33. The van der Waals surface area contributed by atoms with E-state index in [1.54, 1.807) is 0 Å². The van der Waals surface area contributed by atoms with E-state index in [4.69, 9.17) is 11.6 Å². The standard InChI is InChI=1S/C4H6ClNO/c1-2-4(7)6-3-5/h2H,1,3H2,(H,6,7). The van der Waals surface area contributed by atoms with Crippen molar-refractivity contribution in [1.29, 1.82) is 0 Å². The molecule has 0 aromatic carbocycles. The molecule has 0 saturated heterocycles. The monoisotopic (exact) mass is 119 g/mol. The molecule has 1 amide bonds. The van der Waals surface area contributed by atoms with Gasteiger partial charge in [0, 0.05) is 0 Å². The van der Waals surface area contributed by atoms with Crippen LogP contribution in [0, 0.1) is 0 Å². The van der Waals surface area contributed by atoms with Crippen molar-refractivity contribution in [3.8, 4) is 0 Å². The zero-order valence-electron chi connectivity index (χ0n) is 3.78. The number of carbonyl (C=O) groups excluding carboxylic acids is 1. The average molecular weight is 120 g/mol. The molecule has 1 N–H and O–H groups in total. The van der Waals surface area contributed by atoms with Crippen LogP contribution >= 0.6 is 11.6 Å². The van der Waals surface area contributed by atoms with Gasteiger partial charge in [-0.3, -0.25) is 4.79 Å². The van der Waals surface area contributed by atoms with Crippen LogP contribution in [-0.4, -0.2) is 11.9 Å². The number of amides is 1. The second-order valence-electron chi connectivity index (χ2n) is 0.879. The Bertz CT molecular complexity index is 81.8. The number of hydrogen-bond donors (Lipinski definition) is 1. The summed E-state index contributed by atoms with van der Waals surface area (Å²) in [6.45, 7) is 3.21. The number of rotatable bonds is 2. The maximum atomic E-state index is 10.1. The van der Waals surface area contributed by atoms with Gasteiger partial charge in [-0.05, 0) is 6.08 Å². The highest BCUT2D eigenvalue weighted by Gasteiger charge is 1.84. The molecule has 0 bridgehead atoms. The predicted octanol–water partition coefficient (Wildman–Crippen LogP) is 0.485. The Balaban J connectivity index is 3.17. The predicted molar refractivity (Wildman–Crippen MR) is 29.1 cm³/mol. The topological polar surface area (TPSA) is 29.1 Å². The minimum absolute atomic E-state index is 0.144. The molecule has 0 atom stereocenters. The van der Waals surface area contributed by atoms with Crippen molar-refractivity contribution in [2.75, 3.05) is 6.00 Å². The summed E-state index contributed by atoms with van der Waals surface area (Å²) in [4.78, 5) is 10.1. The first kappa shape index (κ1) is 6.50. The number of hydrogen-bond acceptors (Lipinski definition) is 1. The van der Waals surface area contributed by atoms with Gasteiger partial charge in [-0.15, -0.1) is 11.6 Å². The van der Waals surface area contributed by atoms with Gasteiger partial charge >= 0.3 is 0 Å². The first-order valence-corrected chi connectivity index (χ1v) is 2.31. The van der Waals surface area contributed by atoms with Gasteiger partial charge in [0.2, 0.25) is 5.91 Å². The van der Waals surface area contributed by atoms with E-state index in [0.717, 1.165) is 0 Å². The van der Waals surface area contributed by atoms with E-state index in [0.29, 0.717) is 0 Å². The fourth-order valence-electron chi connectivity index (χ4n) is 0.138. The van der Waals surface area contributed by atoms with Crippen LogP contribution in [0.1, 0.15) is 0 Å². The Labute approximate surface area is 47.2 Å². The molecule has 7 heavy (non-hydrogen) atoms. The van der Waals surface area contributed by atoms with Crippen molar-refractivity contribution < 1.29 is 4.79 Å².